The summed E-state index contributed by atoms with van der Waals surface area (Å²) in [6.45, 7) is 3.29. The zero-order valence-corrected chi connectivity index (χ0v) is 24.9. The summed E-state index contributed by atoms with van der Waals surface area (Å²) in [6.07, 6.45) is 1.17. The number of carbonyl (C=O) groups is 1. The maximum Gasteiger partial charge on any atom is 0.243 e. The quantitative estimate of drug-likeness (QED) is 0.335. The van der Waals surface area contributed by atoms with Crippen molar-refractivity contribution >= 4 is 29.1 Å². The molecule has 41 heavy (non-hydrogen) atoms. The molecular formula is C31H33Cl2F2N3O3. The molecule has 5 rings (SSSR count). The molecule has 1 aliphatic carbocycles. The number of piperazine rings is 1. The summed E-state index contributed by atoms with van der Waals surface area (Å²) in [7, 11) is 4.59. The minimum atomic E-state index is -0.783. The lowest BCUT2D eigenvalue weighted by Crippen LogP contribution is -2.64. The van der Waals surface area contributed by atoms with E-state index in [1.807, 2.05) is 12.1 Å². The first kappa shape index (κ1) is 29.6. The zero-order valence-electron chi connectivity index (χ0n) is 23.4. The van der Waals surface area contributed by atoms with Gasteiger partial charge >= 0.3 is 0 Å². The van der Waals surface area contributed by atoms with E-state index in [-0.39, 0.29) is 29.0 Å². The van der Waals surface area contributed by atoms with Gasteiger partial charge in [-0.2, -0.15) is 0 Å². The molecule has 1 heterocycles. The van der Waals surface area contributed by atoms with Crippen LogP contribution in [0.2, 0.25) is 10.0 Å². The van der Waals surface area contributed by atoms with Crippen molar-refractivity contribution in [2.45, 2.75) is 31.5 Å². The number of methoxy groups -OCH3 is 2. The van der Waals surface area contributed by atoms with Crippen molar-refractivity contribution in [1.29, 1.82) is 0 Å². The van der Waals surface area contributed by atoms with Crippen LogP contribution >= 0.6 is 23.2 Å². The topological polar surface area (TPSA) is 45.2 Å². The van der Waals surface area contributed by atoms with Gasteiger partial charge in [-0.15, -0.1) is 0 Å². The van der Waals surface area contributed by atoms with E-state index in [2.05, 4.69) is 21.9 Å². The van der Waals surface area contributed by atoms with E-state index in [0.717, 1.165) is 11.1 Å². The largest absolute Gasteiger partial charge is 0.493 e. The summed E-state index contributed by atoms with van der Waals surface area (Å²) in [4.78, 5) is 20.5. The van der Waals surface area contributed by atoms with Crippen LogP contribution in [0.4, 0.5) is 8.78 Å². The van der Waals surface area contributed by atoms with E-state index in [9.17, 15) is 13.6 Å². The number of fused-ring (bicyclic) bond motifs is 1. The van der Waals surface area contributed by atoms with Crippen LogP contribution in [0.25, 0.3) is 0 Å². The predicted octanol–water partition coefficient (Wildman–Crippen LogP) is 5.60. The molecule has 3 aromatic rings. The molecule has 1 fully saturated rings. The number of halogens is 4. The van der Waals surface area contributed by atoms with Crippen molar-refractivity contribution in [3.05, 3.63) is 92.5 Å². The summed E-state index contributed by atoms with van der Waals surface area (Å²) in [6, 6.07) is 14.0. The summed E-state index contributed by atoms with van der Waals surface area (Å²) in [5.41, 5.74) is 2.72. The molecule has 10 heteroatoms. The standard InChI is InChI=1S/C31H33Cl2F2N3O3/c1-36(18-22-12-24(32)14-26(34)28(22)40-2)30(39)31(16-20-6-4-5-7-21(20)17-31)38-10-8-37(9-11-38)19-23-13-25(33)15-27(35)29(23)41-3/h4-7,12-15H,8-11,16-19H2,1-3H3. The van der Waals surface area contributed by atoms with Gasteiger partial charge in [-0.1, -0.05) is 47.5 Å². The Labute approximate surface area is 249 Å². The summed E-state index contributed by atoms with van der Waals surface area (Å²) in [5, 5.41) is 0.568. The van der Waals surface area contributed by atoms with Crippen molar-refractivity contribution in [2.24, 2.45) is 0 Å². The predicted molar refractivity (Wildman–Crippen MR) is 156 cm³/mol. The van der Waals surface area contributed by atoms with Crippen molar-refractivity contribution in [3.63, 3.8) is 0 Å². The molecule has 6 nitrogen and oxygen atoms in total. The highest BCUT2D eigenvalue weighted by molar-refractivity contribution is 6.31. The van der Waals surface area contributed by atoms with Gasteiger partial charge in [0, 0.05) is 80.3 Å². The number of carbonyl (C=O) groups excluding carboxylic acids is 1. The number of likely N-dealkylation sites (N-methyl/N-ethyl adjacent to an activating group) is 1. The SMILES string of the molecule is COc1c(F)cc(Cl)cc1CN1CCN(C2(C(=O)N(C)Cc3cc(Cl)cc(F)c3OC)Cc3ccccc3C2)CC1. The monoisotopic (exact) mass is 603 g/mol. The third kappa shape index (κ3) is 5.89. The van der Waals surface area contributed by atoms with E-state index in [4.69, 9.17) is 32.7 Å². The van der Waals surface area contributed by atoms with Crippen LogP contribution in [0.3, 0.4) is 0 Å². The minimum Gasteiger partial charge on any atom is -0.493 e. The van der Waals surface area contributed by atoms with Gasteiger partial charge in [0.1, 0.15) is 5.54 Å². The fraction of sp³-hybridized carbons (Fsp3) is 0.387. The van der Waals surface area contributed by atoms with Gasteiger partial charge in [0.15, 0.2) is 23.1 Å². The molecule has 0 atom stereocenters. The van der Waals surface area contributed by atoms with Crippen molar-refractivity contribution in [3.8, 4) is 11.5 Å². The van der Waals surface area contributed by atoms with Gasteiger partial charge in [-0.3, -0.25) is 14.6 Å². The Bertz CT molecular complexity index is 1420. The number of nitrogens with zero attached hydrogens (tertiary/aromatic N) is 3. The second-order valence-electron chi connectivity index (χ2n) is 10.7. The van der Waals surface area contributed by atoms with Crippen molar-refractivity contribution < 1.29 is 23.0 Å². The number of hydrogen-bond donors (Lipinski definition) is 0. The molecular weight excluding hydrogens is 571 g/mol. The van der Waals surface area contributed by atoms with Crippen LogP contribution in [0.15, 0.2) is 48.5 Å². The lowest BCUT2D eigenvalue weighted by molar-refractivity contribution is -0.145. The molecule has 0 aromatic heterocycles. The third-order valence-electron chi connectivity index (χ3n) is 8.19. The van der Waals surface area contributed by atoms with Crippen molar-refractivity contribution in [1.82, 2.24) is 14.7 Å². The first-order valence-electron chi connectivity index (χ1n) is 13.5. The van der Waals surface area contributed by atoms with Crippen LogP contribution in [-0.4, -0.2) is 73.6 Å². The Balaban J connectivity index is 1.37. The number of benzene rings is 3. The Morgan fingerprint density at radius 1 is 0.878 bits per heavy atom. The van der Waals surface area contributed by atoms with Crippen LogP contribution in [-0.2, 0) is 30.7 Å². The highest BCUT2D eigenvalue weighted by Crippen LogP contribution is 2.38. The van der Waals surface area contributed by atoms with Crippen LogP contribution in [0.5, 0.6) is 11.5 Å². The highest BCUT2D eigenvalue weighted by Gasteiger charge is 2.50. The molecule has 0 bridgehead atoms. The van der Waals surface area contributed by atoms with Gasteiger partial charge in [-0.25, -0.2) is 8.78 Å². The van der Waals surface area contributed by atoms with E-state index in [1.54, 1.807) is 24.1 Å². The average molecular weight is 605 g/mol. The molecule has 218 valence electrons. The maximum absolute atomic E-state index is 14.5. The molecule has 0 radical (unpaired) electrons. The molecule has 2 aliphatic rings. The van der Waals surface area contributed by atoms with Crippen molar-refractivity contribution in [2.75, 3.05) is 47.4 Å². The van der Waals surface area contributed by atoms with Gasteiger partial charge in [0.05, 0.1) is 14.2 Å². The lowest BCUT2D eigenvalue weighted by atomic mass is 9.90. The first-order valence-corrected chi connectivity index (χ1v) is 14.2. The molecule has 0 unspecified atom stereocenters. The second kappa shape index (κ2) is 12.1. The second-order valence-corrected chi connectivity index (χ2v) is 11.6. The van der Waals surface area contributed by atoms with E-state index < -0.39 is 17.2 Å². The Morgan fingerprint density at radius 3 is 1.93 bits per heavy atom. The maximum atomic E-state index is 14.5. The Hall–Kier alpha value is -2.91. The minimum absolute atomic E-state index is 0.0387. The molecule has 1 aliphatic heterocycles. The fourth-order valence-electron chi connectivity index (χ4n) is 6.28. The highest BCUT2D eigenvalue weighted by atomic mass is 35.5. The summed E-state index contributed by atoms with van der Waals surface area (Å²) < 4.78 is 39.5. The third-order valence-corrected chi connectivity index (χ3v) is 8.62. The number of hydrogen-bond acceptors (Lipinski definition) is 5. The summed E-state index contributed by atoms with van der Waals surface area (Å²) in [5.74, 6) is -0.806. The number of amides is 1. The van der Waals surface area contributed by atoms with Gasteiger partial charge < -0.3 is 14.4 Å². The summed E-state index contributed by atoms with van der Waals surface area (Å²) >= 11 is 12.3. The van der Waals surface area contributed by atoms with E-state index >= 15 is 0 Å². The molecule has 0 saturated carbocycles. The zero-order chi connectivity index (χ0) is 29.3. The molecule has 0 N–H and O–H groups in total. The van der Waals surface area contributed by atoms with E-state index in [1.165, 1.54) is 26.4 Å². The number of rotatable bonds is 8. The normalized spacial score (nSPS) is 16.9. The van der Waals surface area contributed by atoms with Gasteiger partial charge in [0.2, 0.25) is 5.91 Å². The molecule has 0 spiro atoms. The lowest BCUT2D eigenvalue weighted by Gasteiger charge is -2.46. The van der Waals surface area contributed by atoms with Gasteiger partial charge in [-0.05, 0) is 35.4 Å². The smallest absolute Gasteiger partial charge is 0.243 e. The Kier molecular flexibility index (Phi) is 8.76. The van der Waals surface area contributed by atoms with Crippen LogP contribution in [0, 0.1) is 11.6 Å². The van der Waals surface area contributed by atoms with Crippen LogP contribution < -0.4 is 9.47 Å². The van der Waals surface area contributed by atoms with Gasteiger partial charge in [0.25, 0.3) is 0 Å². The average Bonchev–Trinajstić information content (AvgIpc) is 3.33. The molecule has 3 aromatic carbocycles. The van der Waals surface area contributed by atoms with Crippen LogP contribution in [0.1, 0.15) is 22.3 Å². The fourth-order valence-corrected chi connectivity index (χ4v) is 6.74. The molecule has 1 amide bonds. The van der Waals surface area contributed by atoms with E-state index in [0.29, 0.717) is 61.7 Å². The first-order chi connectivity index (χ1) is 19.6. The number of ether oxygens (including phenoxy) is 2. The molecule has 1 saturated heterocycles. The Morgan fingerprint density at radius 2 is 1.39 bits per heavy atom.